The normalized spacial score (nSPS) is 14.2. The van der Waals surface area contributed by atoms with Gasteiger partial charge in [-0.05, 0) is 31.2 Å². The van der Waals surface area contributed by atoms with Crippen LogP contribution in [-0.4, -0.2) is 66.9 Å². The van der Waals surface area contributed by atoms with E-state index in [1.165, 1.54) is 13.0 Å². The van der Waals surface area contributed by atoms with Crippen LogP contribution in [0.1, 0.15) is 38.3 Å². The molecule has 29 heavy (non-hydrogen) atoms. The lowest BCUT2D eigenvalue weighted by molar-refractivity contribution is 0.0383. The molecular weight excluding hydrogens is 372 g/mol. The van der Waals surface area contributed by atoms with E-state index in [0.29, 0.717) is 31.0 Å². The highest BCUT2D eigenvalue weighted by Crippen LogP contribution is 2.12. The summed E-state index contributed by atoms with van der Waals surface area (Å²) in [5.41, 5.74) is 1.30. The molecule has 1 fully saturated rings. The van der Waals surface area contributed by atoms with Gasteiger partial charge in [0.05, 0.1) is 13.2 Å². The fourth-order valence-corrected chi connectivity index (χ4v) is 2.94. The molecule has 2 N–H and O–H groups in total. The molecule has 152 valence electrons. The van der Waals surface area contributed by atoms with Gasteiger partial charge in [0.2, 0.25) is 0 Å². The summed E-state index contributed by atoms with van der Waals surface area (Å²) in [6, 6.07) is 11.4. The Bertz CT molecular complexity index is 894. The van der Waals surface area contributed by atoms with Gasteiger partial charge in [-0.2, -0.15) is 0 Å². The maximum absolute atomic E-state index is 12.5. The third kappa shape index (κ3) is 5.94. The number of amides is 2. The van der Waals surface area contributed by atoms with Crippen molar-refractivity contribution in [3.8, 4) is 0 Å². The van der Waals surface area contributed by atoms with Gasteiger partial charge in [-0.15, -0.1) is 0 Å². The maximum atomic E-state index is 12.5. The average Bonchev–Trinajstić information content (AvgIpc) is 2.74. The molecule has 3 rings (SSSR count). The molecular formula is C21H24N4O4. The zero-order valence-corrected chi connectivity index (χ0v) is 16.3. The Morgan fingerprint density at radius 3 is 2.45 bits per heavy atom. The van der Waals surface area contributed by atoms with E-state index in [9.17, 15) is 14.4 Å². The predicted octanol–water partition coefficient (Wildman–Crippen LogP) is 1.60. The second-order valence-corrected chi connectivity index (χ2v) is 6.71. The standard InChI is InChI=1S/C21H24N4O4/c1-15(26)16-4-2-5-17(14-16)23-21(28)19-7-3-6-18(24-19)20(27)22-8-9-25-10-12-29-13-11-25/h2-7,14H,8-13H2,1H3,(H,22,27)(H,23,28). The van der Waals surface area contributed by atoms with Crippen LogP contribution in [0.25, 0.3) is 0 Å². The van der Waals surface area contributed by atoms with E-state index in [0.717, 1.165) is 19.6 Å². The summed E-state index contributed by atoms with van der Waals surface area (Å²) in [6.45, 7) is 5.83. The molecule has 0 radical (unpaired) electrons. The molecule has 1 aromatic carbocycles. The Morgan fingerprint density at radius 1 is 1.03 bits per heavy atom. The Kier molecular flexibility index (Phi) is 7.04. The highest BCUT2D eigenvalue weighted by Gasteiger charge is 2.14. The molecule has 2 aromatic rings. The minimum atomic E-state index is -0.450. The average molecular weight is 396 g/mol. The Balaban J connectivity index is 1.57. The Labute approximate surface area is 169 Å². The lowest BCUT2D eigenvalue weighted by atomic mass is 10.1. The first-order valence-electron chi connectivity index (χ1n) is 9.50. The number of benzene rings is 1. The van der Waals surface area contributed by atoms with E-state index in [2.05, 4.69) is 20.5 Å². The first-order chi connectivity index (χ1) is 14.0. The highest BCUT2D eigenvalue weighted by atomic mass is 16.5. The molecule has 0 bridgehead atoms. The summed E-state index contributed by atoms with van der Waals surface area (Å²) < 4.78 is 5.30. The summed E-state index contributed by atoms with van der Waals surface area (Å²) in [5, 5.41) is 5.53. The summed E-state index contributed by atoms with van der Waals surface area (Å²) in [5.74, 6) is -0.866. The number of nitrogens with zero attached hydrogens (tertiary/aromatic N) is 2. The molecule has 0 atom stereocenters. The van der Waals surface area contributed by atoms with Crippen molar-refractivity contribution in [2.75, 3.05) is 44.7 Å². The molecule has 8 heteroatoms. The number of anilines is 1. The number of nitrogens with one attached hydrogen (secondary N) is 2. The van der Waals surface area contributed by atoms with Crippen molar-refractivity contribution < 1.29 is 19.1 Å². The number of ketones is 1. The molecule has 8 nitrogen and oxygen atoms in total. The number of morpholine rings is 1. The zero-order chi connectivity index (χ0) is 20.6. The number of hydrogen-bond donors (Lipinski definition) is 2. The van der Waals surface area contributed by atoms with E-state index in [-0.39, 0.29) is 23.1 Å². The van der Waals surface area contributed by atoms with Crippen LogP contribution in [0.3, 0.4) is 0 Å². The number of hydrogen-bond acceptors (Lipinski definition) is 6. The van der Waals surface area contributed by atoms with Gasteiger partial charge >= 0.3 is 0 Å². The summed E-state index contributed by atoms with van der Waals surface area (Å²) in [4.78, 5) is 42.7. The SMILES string of the molecule is CC(=O)c1cccc(NC(=O)c2cccc(C(=O)NCCN3CCOCC3)n2)c1. The second-order valence-electron chi connectivity index (χ2n) is 6.71. The molecule has 0 unspecified atom stereocenters. The van der Waals surface area contributed by atoms with E-state index in [4.69, 9.17) is 4.74 Å². The second kappa shape index (κ2) is 9.90. The van der Waals surface area contributed by atoms with Gasteiger partial charge in [-0.3, -0.25) is 19.3 Å². The lowest BCUT2D eigenvalue weighted by Gasteiger charge is -2.26. The number of Topliss-reactive ketones (excluding diaryl/α,β-unsaturated/α-hetero) is 1. The lowest BCUT2D eigenvalue weighted by Crippen LogP contribution is -2.41. The number of carbonyl (C=O) groups is 3. The number of aromatic nitrogens is 1. The van der Waals surface area contributed by atoms with E-state index in [1.807, 2.05) is 0 Å². The van der Waals surface area contributed by atoms with E-state index < -0.39 is 5.91 Å². The van der Waals surface area contributed by atoms with Crippen molar-refractivity contribution in [2.45, 2.75) is 6.92 Å². The van der Waals surface area contributed by atoms with Crippen molar-refractivity contribution >= 4 is 23.3 Å². The predicted molar refractivity (Wildman–Crippen MR) is 108 cm³/mol. The molecule has 2 heterocycles. The van der Waals surface area contributed by atoms with Crippen molar-refractivity contribution in [3.63, 3.8) is 0 Å². The molecule has 0 spiro atoms. The van der Waals surface area contributed by atoms with Crippen LogP contribution < -0.4 is 10.6 Å². The van der Waals surface area contributed by atoms with Crippen molar-refractivity contribution in [1.29, 1.82) is 0 Å². The van der Waals surface area contributed by atoms with Gasteiger partial charge in [0.15, 0.2) is 5.78 Å². The Hall–Kier alpha value is -3.10. The van der Waals surface area contributed by atoms with Crippen LogP contribution in [0.2, 0.25) is 0 Å². The van der Waals surface area contributed by atoms with Crippen LogP contribution in [0.5, 0.6) is 0 Å². The van der Waals surface area contributed by atoms with Gasteiger partial charge in [0.25, 0.3) is 11.8 Å². The van der Waals surface area contributed by atoms with Gasteiger partial charge in [-0.25, -0.2) is 4.98 Å². The van der Waals surface area contributed by atoms with Crippen molar-refractivity contribution in [2.24, 2.45) is 0 Å². The minimum Gasteiger partial charge on any atom is -0.379 e. The van der Waals surface area contributed by atoms with Crippen LogP contribution in [0.15, 0.2) is 42.5 Å². The molecule has 2 amide bonds. The summed E-state index contributed by atoms with van der Waals surface area (Å²) >= 11 is 0. The molecule has 1 aliphatic rings. The smallest absolute Gasteiger partial charge is 0.274 e. The minimum absolute atomic E-state index is 0.0880. The fraction of sp³-hybridized carbons (Fsp3) is 0.333. The van der Waals surface area contributed by atoms with Crippen LogP contribution in [0, 0.1) is 0 Å². The molecule has 0 aliphatic carbocycles. The third-order valence-corrected chi connectivity index (χ3v) is 4.56. The third-order valence-electron chi connectivity index (χ3n) is 4.56. The maximum Gasteiger partial charge on any atom is 0.274 e. The van der Waals surface area contributed by atoms with Crippen LogP contribution in [-0.2, 0) is 4.74 Å². The topological polar surface area (TPSA) is 101 Å². The van der Waals surface area contributed by atoms with Gasteiger partial charge in [0.1, 0.15) is 11.4 Å². The van der Waals surface area contributed by atoms with Gasteiger partial charge < -0.3 is 15.4 Å². The largest absolute Gasteiger partial charge is 0.379 e. The first-order valence-corrected chi connectivity index (χ1v) is 9.50. The Morgan fingerprint density at radius 2 is 1.72 bits per heavy atom. The summed E-state index contributed by atoms with van der Waals surface area (Å²) in [7, 11) is 0. The number of carbonyl (C=O) groups excluding carboxylic acids is 3. The van der Waals surface area contributed by atoms with Crippen molar-refractivity contribution in [3.05, 3.63) is 59.4 Å². The number of ether oxygens (including phenoxy) is 1. The molecule has 1 aromatic heterocycles. The molecule has 1 saturated heterocycles. The zero-order valence-electron chi connectivity index (χ0n) is 16.3. The number of rotatable bonds is 7. The first kappa shape index (κ1) is 20.6. The van der Waals surface area contributed by atoms with Gasteiger partial charge in [-0.1, -0.05) is 18.2 Å². The van der Waals surface area contributed by atoms with E-state index in [1.54, 1.807) is 36.4 Å². The monoisotopic (exact) mass is 396 g/mol. The van der Waals surface area contributed by atoms with Crippen LogP contribution in [0.4, 0.5) is 5.69 Å². The van der Waals surface area contributed by atoms with Crippen LogP contribution >= 0.6 is 0 Å². The van der Waals surface area contributed by atoms with E-state index >= 15 is 0 Å². The molecule has 1 aliphatic heterocycles. The number of pyridine rings is 1. The van der Waals surface area contributed by atoms with Gasteiger partial charge in [0, 0.05) is 37.4 Å². The van der Waals surface area contributed by atoms with Crippen molar-refractivity contribution in [1.82, 2.24) is 15.2 Å². The highest BCUT2D eigenvalue weighted by molar-refractivity contribution is 6.04. The molecule has 0 saturated carbocycles. The fourth-order valence-electron chi connectivity index (χ4n) is 2.94. The quantitative estimate of drug-likeness (QED) is 0.690. The summed E-state index contributed by atoms with van der Waals surface area (Å²) in [6.07, 6.45) is 0.